The van der Waals surface area contributed by atoms with Crippen LogP contribution in [0.1, 0.15) is 18.5 Å². The van der Waals surface area contributed by atoms with E-state index >= 15 is 0 Å². The molecule has 0 aliphatic rings. The molecule has 10 heteroatoms. The predicted molar refractivity (Wildman–Crippen MR) is 102 cm³/mol. The summed E-state index contributed by atoms with van der Waals surface area (Å²) in [6, 6.07) is 7.13. The van der Waals surface area contributed by atoms with E-state index in [2.05, 4.69) is 10.3 Å². The van der Waals surface area contributed by atoms with Gasteiger partial charge in [-0.2, -0.15) is 3.96 Å². The van der Waals surface area contributed by atoms with Crippen molar-refractivity contribution in [3.05, 3.63) is 52.4 Å². The number of aromatic nitrogens is 2. The first-order valence-corrected chi connectivity index (χ1v) is 8.98. The average molecular weight is 403 g/mol. The van der Waals surface area contributed by atoms with E-state index in [0.29, 0.717) is 21.5 Å². The minimum Gasteiger partial charge on any atom is -0.493 e. The molecule has 146 valence electrons. The van der Waals surface area contributed by atoms with Crippen molar-refractivity contribution in [3.63, 3.8) is 0 Å². The third-order valence-corrected chi connectivity index (χ3v) is 4.94. The van der Waals surface area contributed by atoms with Gasteiger partial charge in [-0.3, -0.25) is 4.79 Å². The van der Waals surface area contributed by atoms with E-state index < -0.39 is 30.2 Å². The molecule has 1 unspecified atom stereocenters. The van der Waals surface area contributed by atoms with Gasteiger partial charge in [-0.25, -0.2) is 14.6 Å². The number of methoxy groups -OCH3 is 1. The zero-order valence-corrected chi connectivity index (χ0v) is 15.9. The predicted octanol–water partition coefficient (Wildman–Crippen LogP) is 2.25. The smallest absolute Gasteiger partial charge is 0.341 e. The summed E-state index contributed by atoms with van der Waals surface area (Å²) in [5.41, 5.74) is 0.271. The normalized spacial score (nSPS) is 11.8. The number of nitrogens with one attached hydrogen (secondary N) is 1. The van der Waals surface area contributed by atoms with E-state index in [1.807, 2.05) is 0 Å². The van der Waals surface area contributed by atoms with Gasteiger partial charge in [-0.05, 0) is 48.3 Å². The molecule has 28 heavy (non-hydrogen) atoms. The fraction of sp³-hybridized carbons (Fsp3) is 0.222. The molecule has 0 aliphatic heterocycles. The molecule has 0 aliphatic carbocycles. The minimum atomic E-state index is -1.10. The summed E-state index contributed by atoms with van der Waals surface area (Å²) in [6.45, 7) is 1.26. The molecule has 2 heterocycles. The lowest BCUT2D eigenvalue weighted by molar-refractivity contribution is -0.139. The van der Waals surface area contributed by atoms with Crippen molar-refractivity contribution in [1.82, 2.24) is 14.3 Å². The van der Waals surface area contributed by atoms with Crippen LogP contribution in [0.4, 0.5) is 4.79 Å². The Morgan fingerprint density at radius 2 is 2.11 bits per heavy atom. The highest BCUT2D eigenvalue weighted by Crippen LogP contribution is 2.30. The van der Waals surface area contributed by atoms with E-state index in [1.165, 1.54) is 7.11 Å². The number of carbonyl (C=O) groups excluding carboxylic acids is 1. The first-order valence-electron chi connectivity index (χ1n) is 8.21. The number of fused-ring (bicyclic) bond motifs is 1. The lowest BCUT2D eigenvalue weighted by atomic mass is 10.1. The summed E-state index contributed by atoms with van der Waals surface area (Å²) in [6.07, 6.45) is 1.56. The average Bonchev–Trinajstić information content (AvgIpc) is 3.03. The molecule has 2 aromatic heterocycles. The molecule has 2 N–H and O–H groups in total. The third-order valence-electron chi connectivity index (χ3n) is 3.93. The van der Waals surface area contributed by atoms with Crippen LogP contribution in [0.5, 0.6) is 11.5 Å². The number of hydrogen-bond donors (Lipinski definition) is 2. The number of ether oxygens (including phenoxy) is 2. The molecule has 1 amide bonds. The summed E-state index contributed by atoms with van der Waals surface area (Å²) < 4.78 is 11.4. The zero-order chi connectivity index (χ0) is 20.3. The number of pyridine rings is 1. The summed E-state index contributed by atoms with van der Waals surface area (Å²) in [5, 5.41) is 11.9. The number of carboxylic acids is 1. The van der Waals surface area contributed by atoms with Crippen molar-refractivity contribution in [2.24, 2.45) is 0 Å². The van der Waals surface area contributed by atoms with E-state index in [9.17, 15) is 14.4 Å². The molecule has 0 fully saturated rings. The molecule has 0 saturated carbocycles. The molecule has 3 aromatic rings. The second-order valence-electron chi connectivity index (χ2n) is 5.81. The molecule has 9 nitrogen and oxygen atoms in total. The van der Waals surface area contributed by atoms with Crippen LogP contribution in [-0.4, -0.2) is 39.8 Å². The number of aliphatic carboxylic acids is 1. The highest BCUT2D eigenvalue weighted by molar-refractivity contribution is 7.14. The zero-order valence-electron chi connectivity index (χ0n) is 15.0. The second-order valence-corrected chi connectivity index (χ2v) is 6.75. The highest BCUT2D eigenvalue weighted by Gasteiger charge is 2.18. The fourth-order valence-electron chi connectivity index (χ4n) is 2.54. The van der Waals surface area contributed by atoms with Gasteiger partial charge in [0.1, 0.15) is 4.83 Å². The minimum absolute atomic E-state index is 0.277. The summed E-state index contributed by atoms with van der Waals surface area (Å²) in [5.74, 6) is -0.489. The van der Waals surface area contributed by atoms with Crippen LogP contribution in [0.15, 0.2) is 41.3 Å². The lowest BCUT2D eigenvalue weighted by Gasteiger charge is -2.16. The van der Waals surface area contributed by atoms with E-state index in [-0.39, 0.29) is 5.75 Å². The number of benzene rings is 1. The van der Waals surface area contributed by atoms with Crippen LogP contribution in [0.2, 0.25) is 0 Å². The Balaban J connectivity index is 1.79. The van der Waals surface area contributed by atoms with Gasteiger partial charge in [-0.1, -0.05) is 6.07 Å². The summed E-state index contributed by atoms with van der Waals surface area (Å²) in [7, 11) is 1.43. The van der Waals surface area contributed by atoms with Gasteiger partial charge in [-0.15, -0.1) is 0 Å². The molecule has 1 aromatic carbocycles. The first-order chi connectivity index (χ1) is 13.4. The van der Waals surface area contributed by atoms with Gasteiger partial charge in [0.2, 0.25) is 0 Å². The highest BCUT2D eigenvalue weighted by atomic mass is 32.1. The van der Waals surface area contributed by atoms with Crippen molar-refractivity contribution in [2.45, 2.75) is 13.0 Å². The van der Waals surface area contributed by atoms with Gasteiger partial charge in [0, 0.05) is 6.20 Å². The van der Waals surface area contributed by atoms with Crippen LogP contribution in [0.3, 0.4) is 0 Å². The third kappa shape index (κ3) is 3.96. The van der Waals surface area contributed by atoms with Gasteiger partial charge < -0.3 is 19.9 Å². The molecule has 0 bridgehead atoms. The van der Waals surface area contributed by atoms with Crippen LogP contribution >= 0.6 is 11.5 Å². The van der Waals surface area contributed by atoms with Crippen molar-refractivity contribution >= 4 is 33.7 Å². The number of amides is 1. The largest absolute Gasteiger partial charge is 0.493 e. The van der Waals surface area contributed by atoms with E-state index in [4.69, 9.17) is 14.6 Å². The standard InChI is InChI=1S/C18H17N3O6S/c1-10(11-5-6-13(14(8-11)26-2)27-9-15(22)23)20-18(25)21-17(24)12-4-3-7-19-16(12)28-21/h3-8,10H,9H2,1-2H3,(H,20,25)(H,22,23). The lowest BCUT2D eigenvalue weighted by Crippen LogP contribution is -2.34. The Kier molecular flexibility index (Phi) is 5.59. The molecule has 3 rings (SSSR count). The summed E-state index contributed by atoms with van der Waals surface area (Å²) in [4.78, 5) is 40.1. The van der Waals surface area contributed by atoms with E-state index in [0.717, 1.165) is 15.5 Å². The number of carboxylic acid groups (broad SMARTS) is 1. The monoisotopic (exact) mass is 403 g/mol. The number of nitrogens with zero attached hydrogens (tertiary/aromatic N) is 2. The Hall–Kier alpha value is -3.40. The number of hydrogen-bond acceptors (Lipinski definition) is 7. The quantitative estimate of drug-likeness (QED) is 0.648. The SMILES string of the molecule is COc1cc(C(C)NC(=O)n2sc3ncccc3c2=O)ccc1OCC(=O)O. The van der Waals surface area contributed by atoms with Gasteiger partial charge in [0.15, 0.2) is 18.1 Å². The fourth-order valence-corrected chi connectivity index (χ4v) is 3.39. The molecule has 0 saturated heterocycles. The van der Waals surface area contributed by atoms with Crippen molar-refractivity contribution in [2.75, 3.05) is 13.7 Å². The van der Waals surface area contributed by atoms with Crippen LogP contribution in [-0.2, 0) is 4.79 Å². The van der Waals surface area contributed by atoms with Gasteiger partial charge >= 0.3 is 12.0 Å². The molecule has 1 atom stereocenters. The van der Waals surface area contributed by atoms with E-state index in [1.54, 1.807) is 43.5 Å². The van der Waals surface area contributed by atoms with Gasteiger partial charge in [0.25, 0.3) is 5.56 Å². The maximum Gasteiger partial charge on any atom is 0.341 e. The Morgan fingerprint density at radius 1 is 1.32 bits per heavy atom. The Morgan fingerprint density at radius 3 is 2.79 bits per heavy atom. The topological polar surface area (TPSA) is 120 Å². The van der Waals surface area contributed by atoms with Crippen LogP contribution in [0, 0.1) is 0 Å². The number of carbonyl (C=O) groups is 2. The maximum atomic E-state index is 12.5. The van der Waals surface area contributed by atoms with Crippen molar-refractivity contribution in [1.29, 1.82) is 0 Å². The molecular formula is C18H17N3O6S. The second kappa shape index (κ2) is 8.09. The Labute approximate surface area is 163 Å². The first kappa shape index (κ1) is 19.4. The van der Waals surface area contributed by atoms with Crippen LogP contribution in [0.25, 0.3) is 10.2 Å². The maximum absolute atomic E-state index is 12.5. The van der Waals surface area contributed by atoms with Crippen molar-refractivity contribution < 1.29 is 24.2 Å². The summed E-state index contributed by atoms with van der Waals surface area (Å²) >= 11 is 0.969. The Bertz CT molecular complexity index is 1090. The number of rotatable bonds is 6. The molecule has 0 radical (unpaired) electrons. The van der Waals surface area contributed by atoms with Crippen molar-refractivity contribution in [3.8, 4) is 11.5 Å². The molecular weight excluding hydrogens is 386 g/mol. The van der Waals surface area contributed by atoms with Gasteiger partial charge in [0.05, 0.1) is 18.5 Å². The van der Waals surface area contributed by atoms with Crippen LogP contribution < -0.4 is 20.3 Å². The molecule has 0 spiro atoms.